The van der Waals surface area contributed by atoms with E-state index in [-0.39, 0.29) is 23.7 Å². The molecule has 2 saturated heterocycles. The lowest BCUT2D eigenvalue weighted by Gasteiger charge is -2.30. The van der Waals surface area contributed by atoms with Crippen molar-refractivity contribution in [3.63, 3.8) is 0 Å². The number of cyclic esters (lactones) is 1. The molecule has 1 unspecified atom stereocenters. The lowest BCUT2D eigenvalue weighted by molar-refractivity contribution is -0.256. The van der Waals surface area contributed by atoms with Gasteiger partial charge in [0.15, 0.2) is 10.8 Å². The Balaban J connectivity index is 1.74. The highest BCUT2D eigenvalue weighted by molar-refractivity contribution is 7.13. The van der Waals surface area contributed by atoms with Crippen LogP contribution in [0.15, 0.2) is 10.5 Å². The summed E-state index contributed by atoms with van der Waals surface area (Å²) in [5.74, 6) is -4.27. The van der Waals surface area contributed by atoms with Gasteiger partial charge in [-0.15, -0.1) is 11.3 Å². The molecule has 3 heterocycles. The number of nitrogens with one attached hydrogen (secondary N) is 1. The van der Waals surface area contributed by atoms with E-state index in [1.165, 1.54) is 5.38 Å². The van der Waals surface area contributed by atoms with E-state index in [0.29, 0.717) is 5.06 Å². The second kappa shape index (κ2) is 6.81. The van der Waals surface area contributed by atoms with Gasteiger partial charge in [-0.2, -0.15) is 5.06 Å². The second-order valence-electron chi connectivity index (χ2n) is 5.54. The van der Waals surface area contributed by atoms with Gasteiger partial charge in [-0.05, 0) is 0 Å². The lowest BCUT2D eigenvalue weighted by atomic mass is 10.1. The van der Waals surface area contributed by atoms with Crippen LogP contribution in [0.4, 0.5) is 5.13 Å². The number of nitrogens with two attached hydrogens (primary N) is 1. The summed E-state index contributed by atoms with van der Waals surface area (Å²) in [4.78, 5) is 56.6. The molecule has 0 radical (unpaired) electrons. The second-order valence-corrected chi connectivity index (χ2v) is 6.43. The molecular formula is C13H13N5O8S. The Kier molecular flexibility index (Phi) is 4.67. The molecule has 0 spiro atoms. The third-order valence-electron chi connectivity index (χ3n) is 3.87. The predicted molar refractivity (Wildman–Crippen MR) is 85.3 cm³/mol. The van der Waals surface area contributed by atoms with E-state index in [4.69, 9.17) is 20.5 Å². The van der Waals surface area contributed by atoms with Crippen LogP contribution < -0.4 is 11.1 Å². The number of carboxylic acid groups (broad SMARTS) is 1. The van der Waals surface area contributed by atoms with Gasteiger partial charge in [0.2, 0.25) is 0 Å². The lowest BCUT2D eigenvalue weighted by Crippen LogP contribution is -2.57. The van der Waals surface area contributed by atoms with Crippen molar-refractivity contribution in [1.29, 1.82) is 0 Å². The number of carboxylic acids is 1. The molecule has 1 aromatic rings. The fourth-order valence-corrected chi connectivity index (χ4v) is 3.14. The fourth-order valence-electron chi connectivity index (χ4n) is 2.59. The highest BCUT2D eigenvalue weighted by atomic mass is 32.1. The molecule has 0 aliphatic carbocycles. The maximum absolute atomic E-state index is 12.5. The number of aromatic nitrogens is 1. The van der Waals surface area contributed by atoms with Crippen LogP contribution in [0.5, 0.6) is 0 Å². The van der Waals surface area contributed by atoms with Gasteiger partial charge in [-0.1, -0.05) is 5.16 Å². The number of amides is 2. The van der Waals surface area contributed by atoms with E-state index in [0.717, 1.165) is 11.3 Å². The molecule has 1 aromatic heterocycles. The highest BCUT2D eigenvalue weighted by Crippen LogP contribution is 2.34. The van der Waals surface area contributed by atoms with Crippen LogP contribution in [0.2, 0.25) is 0 Å². The molecule has 2 amide bonds. The van der Waals surface area contributed by atoms with Crippen LogP contribution in [-0.4, -0.2) is 68.2 Å². The maximum atomic E-state index is 12.5. The van der Waals surface area contributed by atoms with Gasteiger partial charge < -0.3 is 26.1 Å². The van der Waals surface area contributed by atoms with Crippen molar-refractivity contribution in [1.82, 2.24) is 15.4 Å². The first kappa shape index (κ1) is 18.5. The van der Waals surface area contributed by atoms with E-state index in [2.05, 4.69) is 15.5 Å². The van der Waals surface area contributed by atoms with E-state index in [1.807, 2.05) is 0 Å². The van der Waals surface area contributed by atoms with Crippen LogP contribution >= 0.6 is 11.3 Å². The topological polar surface area (TPSA) is 194 Å². The molecule has 14 heteroatoms. The highest BCUT2D eigenvalue weighted by Gasteiger charge is 2.59. The number of carbonyl (C=O) groups excluding carboxylic acids is 3. The number of carbonyl (C=O) groups is 4. The maximum Gasteiger partial charge on any atom is 0.372 e. The Labute approximate surface area is 154 Å². The van der Waals surface area contributed by atoms with Crippen molar-refractivity contribution in [3.05, 3.63) is 11.1 Å². The normalized spacial score (nSPS) is 25.6. The first-order valence-electron chi connectivity index (χ1n) is 7.45. The average molecular weight is 399 g/mol. The monoisotopic (exact) mass is 399 g/mol. The number of hydrogen-bond acceptors (Lipinski definition) is 11. The molecule has 2 fully saturated rings. The summed E-state index contributed by atoms with van der Waals surface area (Å²) in [5, 5.41) is 25.5. The smallest absolute Gasteiger partial charge is 0.372 e. The molecule has 3 rings (SSSR count). The van der Waals surface area contributed by atoms with Gasteiger partial charge in [-0.25, -0.2) is 9.78 Å². The molecule has 0 aromatic carbocycles. The molecule has 0 bridgehead atoms. The summed E-state index contributed by atoms with van der Waals surface area (Å²) in [6.45, 7) is -0.408. The van der Waals surface area contributed by atoms with Crippen LogP contribution in [0, 0.1) is 0 Å². The van der Waals surface area contributed by atoms with Crippen molar-refractivity contribution in [3.8, 4) is 0 Å². The van der Waals surface area contributed by atoms with Crippen molar-refractivity contribution < 1.29 is 39.1 Å². The predicted octanol–water partition coefficient (Wildman–Crippen LogP) is -1.72. The van der Waals surface area contributed by atoms with Gasteiger partial charge in [-0.3, -0.25) is 19.2 Å². The number of nitrogens with zero attached hydrogens (tertiary/aromatic N) is 3. The third kappa shape index (κ3) is 3.15. The minimum Gasteiger partial charge on any atom is -0.477 e. The number of nitrogen functional groups attached to an aromatic ring is 1. The summed E-state index contributed by atoms with van der Waals surface area (Å²) < 4.78 is 4.80. The van der Waals surface area contributed by atoms with Crippen molar-refractivity contribution in [2.75, 3.05) is 12.3 Å². The first-order valence-corrected chi connectivity index (χ1v) is 8.33. The van der Waals surface area contributed by atoms with Gasteiger partial charge >= 0.3 is 17.7 Å². The van der Waals surface area contributed by atoms with E-state index in [9.17, 15) is 24.3 Å². The molecule has 5 N–H and O–H groups in total. The Hall–Kier alpha value is -3.26. The zero-order chi connectivity index (χ0) is 19.8. The molecular weight excluding hydrogens is 386 g/mol. The minimum absolute atomic E-state index is 0.00699. The Morgan fingerprint density at radius 2 is 2.22 bits per heavy atom. The van der Waals surface area contributed by atoms with Gasteiger partial charge in [0.1, 0.15) is 18.3 Å². The van der Waals surface area contributed by atoms with Crippen LogP contribution in [0.25, 0.3) is 0 Å². The zero-order valence-corrected chi connectivity index (χ0v) is 14.3. The number of esters is 1. The SMILES string of the molecule is Nc1nc(C(=NO)C(=O)N[C@H]2CON(C3(C(=O)O)CCC(=O)O3)C2=O)cs1. The number of oxime groups is 1. The summed E-state index contributed by atoms with van der Waals surface area (Å²) >= 11 is 1.01. The number of rotatable bonds is 5. The minimum atomic E-state index is -2.29. The molecule has 144 valence electrons. The van der Waals surface area contributed by atoms with E-state index < -0.39 is 47.8 Å². The summed E-state index contributed by atoms with van der Waals surface area (Å²) in [7, 11) is 0. The van der Waals surface area contributed by atoms with Crippen LogP contribution in [0.1, 0.15) is 18.5 Å². The number of anilines is 1. The Bertz CT molecular complexity index is 854. The van der Waals surface area contributed by atoms with Crippen LogP contribution in [0.3, 0.4) is 0 Å². The third-order valence-corrected chi connectivity index (χ3v) is 4.54. The summed E-state index contributed by atoms with van der Waals surface area (Å²) in [6, 6.07) is -1.29. The number of hydrogen-bond donors (Lipinski definition) is 4. The molecule has 13 nitrogen and oxygen atoms in total. The van der Waals surface area contributed by atoms with Crippen molar-refractivity contribution >= 4 is 45.9 Å². The Morgan fingerprint density at radius 3 is 2.74 bits per heavy atom. The largest absolute Gasteiger partial charge is 0.477 e. The van der Waals surface area contributed by atoms with Crippen LogP contribution in [-0.2, 0) is 28.8 Å². The summed E-state index contributed by atoms with van der Waals surface area (Å²) in [6.07, 6.45) is -0.502. The van der Waals surface area contributed by atoms with Crippen molar-refractivity contribution in [2.45, 2.75) is 24.6 Å². The molecule has 2 atom stereocenters. The van der Waals surface area contributed by atoms with E-state index in [1.54, 1.807) is 0 Å². The number of hydroxylamine groups is 2. The molecule has 2 aliphatic heterocycles. The quantitative estimate of drug-likeness (QED) is 0.191. The summed E-state index contributed by atoms with van der Waals surface area (Å²) in [5.41, 5.74) is 2.68. The number of aliphatic carboxylic acids is 1. The number of thiazole rings is 1. The molecule has 27 heavy (non-hydrogen) atoms. The van der Waals surface area contributed by atoms with Gasteiger partial charge in [0.25, 0.3) is 11.8 Å². The average Bonchev–Trinajstić information content (AvgIpc) is 3.30. The van der Waals surface area contributed by atoms with E-state index >= 15 is 0 Å². The van der Waals surface area contributed by atoms with Gasteiger partial charge in [0, 0.05) is 11.8 Å². The molecule has 0 saturated carbocycles. The Morgan fingerprint density at radius 1 is 1.48 bits per heavy atom. The van der Waals surface area contributed by atoms with Gasteiger partial charge in [0.05, 0.1) is 6.42 Å². The van der Waals surface area contributed by atoms with Crippen molar-refractivity contribution in [2.24, 2.45) is 5.16 Å². The zero-order valence-electron chi connectivity index (χ0n) is 13.4. The molecule has 2 aliphatic rings. The number of ether oxygens (including phenoxy) is 1. The fraction of sp³-hybridized carbons (Fsp3) is 0.385. The first-order chi connectivity index (χ1) is 12.8. The standard InChI is InChI=1S/C13H13N5O8S/c14-12-16-6(4-27-12)8(17-24)9(20)15-5-3-25-18(10(5)21)13(11(22)23)2-1-7(19)26-13/h4-5,24H,1-3H2,(H2,14,16)(H,15,20)(H,22,23)/t5-,13?/m0/s1.